The van der Waals surface area contributed by atoms with E-state index in [-0.39, 0.29) is 11.9 Å². The predicted molar refractivity (Wildman–Crippen MR) is 98.5 cm³/mol. The number of anilines is 1. The van der Waals surface area contributed by atoms with Crippen LogP contribution < -0.4 is 5.32 Å². The van der Waals surface area contributed by atoms with Gasteiger partial charge in [0, 0.05) is 17.9 Å². The van der Waals surface area contributed by atoms with Gasteiger partial charge in [0.05, 0.1) is 17.6 Å². The summed E-state index contributed by atoms with van der Waals surface area (Å²) in [5.74, 6) is 1.94. The lowest BCUT2D eigenvalue weighted by atomic mass is 10.2. The summed E-state index contributed by atoms with van der Waals surface area (Å²) in [5.41, 5.74) is 2.25. The van der Waals surface area contributed by atoms with E-state index in [1.807, 2.05) is 38.1 Å². The number of para-hydroxylation sites is 1. The van der Waals surface area contributed by atoms with Crippen molar-refractivity contribution in [2.75, 3.05) is 11.1 Å². The highest BCUT2D eigenvalue weighted by molar-refractivity contribution is 8.38. The van der Waals surface area contributed by atoms with Crippen LogP contribution in [0, 0.1) is 0 Å². The van der Waals surface area contributed by atoms with Crippen molar-refractivity contribution < 1.29 is 4.79 Å². The SMILES string of the molecule is CC(C)n1nccc1NC(=O)CSC1=Nc2ccccc2CS1. The third-order valence-electron chi connectivity index (χ3n) is 3.31. The highest BCUT2D eigenvalue weighted by Gasteiger charge is 2.15. The van der Waals surface area contributed by atoms with Gasteiger partial charge < -0.3 is 5.32 Å². The number of carbonyl (C=O) groups excluding carboxylic acids is 1. The van der Waals surface area contributed by atoms with Gasteiger partial charge in [-0.05, 0) is 25.5 Å². The van der Waals surface area contributed by atoms with E-state index in [1.54, 1.807) is 22.6 Å². The van der Waals surface area contributed by atoms with E-state index < -0.39 is 0 Å². The summed E-state index contributed by atoms with van der Waals surface area (Å²) in [7, 11) is 0. The Bertz CT molecular complexity index is 739. The van der Waals surface area contributed by atoms with E-state index in [0.29, 0.717) is 5.75 Å². The van der Waals surface area contributed by atoms with Gasteiger partial charge in [0.2, 0.25) is 5.91 Å². The first-order valence-electron chi connectivity index (χ1n) is 7.39. The summed E-state index contributed by atoms with van der Waals surface area (Å²) < 4.78 is 2.74. The molecule has 0 unspecified atom stereocenters. The summed E-state index contributed by atoms with van der Waals surface area (Å²) in [4.78, 5) is 16.7. The molecule has 23 heavy (non-hydrogen) atoms. The zero-order chi connectivity index (χ0) is 16.2. The number of aromatic nitrogens is 2. The lowest BCUT2D eigenvalue weighted by Crippen LogP contribution is -2.19. The maximum absolute atomic E-state index is 12.1. The van der Waals surface area contributed by atoms with Gasteiger partial charge in [-0.3, -0.25) is 4.79 Å². The number of fused-ring (bicyclic) bond motifs is 1. The molecule has 2 heterocycles. The van der Waals surface area contributed by atoms with Crippen LogP contribution in [0.5, 0.6) is 0 Å². The largest absolute Gasteiger partial charge is 0.310 e. The zero-order valence-electron chi connectivity index (χ0n) is 13.0. The fourth-order valence-electron chi connectivity index (χ4n) is 2.22. The molecule has 1 N–H and O–H groups in total. The van der Waals surface area contributed by atoms with Crippen LogP contribution in [0.3, 0.4) is 0 Å². The summed E-state index contributed by atoms with van der Waals surface area (Å²) in [6, 6.07) is 10.1. The van der Waals surface area contributed by atoms with Crippen molar-refractivity contribution in [3.05, 3.63) is 42.1 Å². The van der Waals surface area contributed by atoms with Gasteiger partial charge >= 0.3 is 0 Å². The molecule has 0 saturated carbocycles. The van der Waals surface area contributed by atoms with Crippen LogP contribution in [0.4, 0.5) is 11.5 Å². The second-order valence-electron chi connectivity index (χ2n) is 5.39. The molecule has 0 spiro atoms. The van der Waals surface area contributed by atoms with Crippen molar-refractivity contribution in [1.82, 2.24) is 9.78 Å². The molecule has 0 radical (unpaired) electrons. The van der Waals surface area contributed by atoms with Crippen LogP contribution in [-0.2, 0) is 10.5 Å². The van der Waals surface area contributed by atoms with Crippen molar-refractivity contribution in [3.8, 4) is 0 Å². The molecule has 1 aromatic carbocycles. The van der Waals surface area contributed by atoms with Gasteiger partial charge in [-0.1, -0.05) is 41.7 Å². The second kappa shape index (κ2) is 7.23. The standard InChI is InChI=1S/C16H18N4OS2/c1-11(2)20-14(7-8-17-20)19-15(21)10-23-16-18-13-6-4-3-5-12(13)9-22-16/h3-8,11H,9-10H2,1-2H3,(H,19,21). The van der Waals surface area contributed by atoms with Gasteiger partial charge in [-0.25, -0.2) is 9.67 Å². The summed E-state index contributed by atoms with van der Waals surface area (Å²) in [5, 5.41) is 7.12. The van der Waals surface area contributed by atoms with Crippen LogP contribution in [-0.4, -0.2) is 25.8 Å². The molecule has 0 saturated heterocycles. The van der Waals surface area contributed by atoms with Gasteiger partial charge in [0.15, 0.2) is 0 Å². The Morgan fingerprint density at radius 2 is 2.22 bits per heavy atom. The van der Waals surface area contributed by atoms with Gasteiger partial charge in [-0.2, -0.15) is 5.10 Å². The minimum absolute atomic E-state index is 0.0421. The Hall–Kier alpha value is -1.73. The maximum Gasteiger partial charge on any atom is 0.235 e. The summed E-state index contributed by atoms with van der Waals surface area (Å²) in [6.45, 7) is 4.06. The monoisotopic (exact) mass is 346 g/mol. The minimum atomic E-state index is -0.0421. The molecule has 0 bridgehead atoms. The molecule has 7 heteroatoms. The average molecular weight is 346 g/mol. The Balaban J connectivity index is 1.58. The van der Waals surface area contributed by atoms with Crippen molar-refractivity contribution in [2.45, 2.75) is 25.6 Å². The highest BCUT2D eigenvalue weighted by Crippen LogP contribution is 2.34. The summed E-state index contributed by atoms with van der Waals surface area (Å²) in [6.07, 6.45) is 1.70. The number of carbonyl (C=O) groups is 1. The fraction of sp³-hybridized carbons (Fsp3) is 0.312. The average Bonchev–Trinajstić information content (AvgIpc) is 3.01. The second-order valence-corrected chi connectivity index (χ2v) is 7.57. The normalized spacial score (nSPS) is 13.6. The number of nitrogens with zero attached hydrogens (tertiary/aromatic N) is 3. The molecule has 1 aliphatic rings. The molecule has 1 aliphatic heterocycles. The number of thioether (sulfide) groups is 2. The van der Waals surface area contributed by atoms with E-state index in [9.17, 15) is 4.79 Å². The zero-order valence-corrected chi connectivity index (χ0v) is 14.7. The lowest BCUT2D eigenvalue weighted by Gasteiger charge is -2.14. The first-order valence-corrected chi connectivity index (χ1v) is 9.36. The number of rotatable bonds is 4. The highest BCUT2D eigenvalue weighted by atomic mass is 32.2. The molecular formula is C16H18N4OS2. The van der Waals surface area contributed by atoms with E-state index in [0.717, 1.165) is 21.6 Å². The van der Waals surface area contributed by atoms with E-state index in [2.05, 4.69) is 21.5 Å². The Morgan fingerprint density at radius 3 is 3.04 bits per heavy atom. The molecule has 0 fully saturated rings. The van der Waals surface area contributed by atoms with E-state index in [1.165, 1.54) is 17.3 Å². The van der Waals surface area contributed by atoms with E-state index >= 15 is 0 Å². The first kappa shape index (κ1) is 16.1. The summed E-state index contributed by atoms with van der Waals surface area (Å²) >= 11 is 3.16. The Labute approximate surface area is 143 Å². The molecular weight excluding hydrogens is 328 g/mol. The van der Waals surface area contributed by atoms with E-state index in [4.69, 9.17) is 0 Å². The topological polar surface area (TPSA) is 59.3 Å². The number of amides is 1. The van der Waals surface area contributed by atoms with Gasteiger partial charge in [0.25, 0.3) is 0 Å². The fourth-order valence-corrected chi connectivity index (χ4v) is 4.08. The third-order valence-corrected chi connectivity index (χ3v) is 5.55. The van der Waals surface area contributed by atoms with Crippen molar-refractivity contribution >= 4 is 45.3 Å². The molecule has 3 rings (SSSR count). The molecule has 0 atom stereocenters. The molecule has 1 amide bonds. The molecule has 5 nitrogen and oxygen atoms in total. The van der Waals surface area contributed by atoms with Crippen molar-refractivity contribution in [3.63, 3.8) is 0 Å². The van der Waals surface area contributed by atoms with Crippen LogP contribution >= 0.6 is 23.5 Å². The predicted octanol–water partition coefficient (Wildman–Crippen LogP) is 4.07. The minimum Gasteiger partial charge on any atom is -0.310 e. The first-order chi connectivity index (χ1) is 11.1. The smallest absolute Gasteiger partial charge is 0.235 e. The third kappa shape index (κ3) is 3.97. The number of hydrogen-bond acceptors (Lipinski definition) is 5. The van der Waals surface area contributed by atoms with Crippen molar-refractivity contribution in [1.29, 1.82) is 0 Å². The van der Waals surface area contributed by atoms with Crippen LogP contribution in [0.15, 0.2) is 41.5 Å². The maximum atomic E-state index is 12.1. The number of aliphatic imine (C=N–C) groups is 1. The van der Waals surface area contributed by atoms with Gasteiger partial charge in [0.1, 0.15) is 10.2 Å². The lowest BCUT2D eigenvalue weighted by molar-refractivity contribution is -0.113. The molecule has 0 aliphatic carbocycles. The Morgan fingerprint density at radius 1 is 1.39 bits per heavy atom. The van der Waals surface area contributed by atoms with Crippen molar-refractivity contribution in [2.24, 2.45) is 4.99 Å². The van der Waals surface area contributed by atoms with Crippen LogP contribution in [0.1, 0.15) is 25.5 Å². The molecule has 1 aromatic heterocycles. The molecule has 120 valence electrons. The van der Waals surface area contributed by atoms with Crippen LogP contribution in [0.25, 0.3) is 0 Å². The molecule has 2 aromatic rings. The van der Waals surface area contributed by atoms with Crippen LogP contribution in [0.2, 0.25) is 0 Å². The number of hydrogen-bond donors (Lipinski definition) is 1. The Kier molecular flexibility index (Phi) is 5.07. The number of benzene rings is 1. The quantitative estimate of drug-likeness (QED) is 0.906. The van der Waals surface area contributed by atoms with Gasteiger partial charge in [-0.15, -0.1) is 0 Å². The number of nitrogens with one attached hydrogen (secondary N) is 1.